The molecule has 2 saturated carbocycles. The second kappa shape index (κ2) is 5.61. The Balaban J connectivity index is 1.77. The highest BCUT2D eigenvalue weighted by molar-refractivity contribution is 5.04. The molecule has 4 heteroatoms. The van der Waals surface area contributed by atoms with Crippen molar-refractivity contribution in [2.75, 3.05) is 0 Å². The van der Waals surface area contributed by atoms with Crippen molar-refractivity contribution in [2.24, 2.45) is 11.8 Å². The molecule has 3 unspecified atom stereocenters. The van der Waals surface area contributed by atoms with Crippen LogP contribution in [0.5, 0.6) is 0 Å². The van der Waals surface area contributed by atoms with Crippen LogP contribution in [0.3, 0.4) is 0 Å². The summed E-state index contributed by atoms with van der Waals surface area (Å²) in [6.45, 7) is 2.97. The third-order valence-electron chi connectivity index (χ3n) is 5.22. The van der Waals surface area contributed by atoms with Crippen LogP contribution in [0, 0.1) is 11.8 Å². The average molecular weight is 263 g/mol. The fourth-order valence-corrected chi connectivity index (χ4v) is 4.22. The molecule has 2 aliphatic carbocycles. The van der Waals surface area contributed by atoms with Gasteiger partial charge in [-0.25, -0.2) is 0 Å². The van der Waals surface area contributed by atoms with Gasteiger partial charge in [0.15, 0.2) is 5.82 Å². The van der Waals surface area contributed by atoms with Gasteiger partial charge in [-0.1, -0.05) is 25.7 Å². The third kappa shape index (κ3) is 2.42. The summed E-state index contributed by atoms with van der Waals surface area (Å²) in [7, 11) is 0. The van der Waals surface area contributed by atoms with Gasteiger partial charge in [-0.15, -0.1) is 10.2 Å². The highest BCUT2D eigenvalue weighted by Gasteiger charge is 2.34. The Morgan fingerprint density at radius 1 is 1.11 bits per heavy atom. The molecule has 2 aliphatic rings. The molecule has 0 aromatic carbocycles. The lowest BCUT2D eigenvalue weighted by Gasteiger charge is -2.39. The summed E-state index contributed by atoms with van der Waals surface area (Å²) in [6.07, 6.45) is 9.61. The van der Waals surface area contributed by atoms with E-state index < -0.39 is 0 Å². The summed E-state index contributed by atoms with van der Waals surface area (Å²) < 4.78 is 2.12. The summed E-state index contributed by atoms with van der Waals surface area (Å²) in [4.78, 5) is 0. The van der Waals surface area contributed by atoms with Gasteiger partial charge in [0.1, 0.15) is 12.4 Å². The van der Waals surface area contributed by atoms with Crippen molar-refractivity contribution in [2.45, 2.75) is 70.9 Å². The van der Waals surface area contributed by atoms with Gasteiger partial charge in [0.25, 0.3) is 0 Å². The van der Waals surface area contributed by atoms with Crippen molar-refractivity contribution < 1.29 is 5.11 Å². The molecular formula is C15H25N3O. The van der Waals surface area contributed by atoms with E-state index in [9.17, 15) is 5.11 Å². The molecule has 19 heavy (non-hydrogen) atoms. The topological polar surface area (TPSA) is 50.9 Å². The fraction of sp³-hybridized carbons (Fsp3) is 0.867. The van der Waals surface area contributed by atoms with E-state index in [4.69, 9.17) is 0 Å². The average Bonchev–Trinajstić information content (AvgIpc) is 2.89. The van der Waals surface area contributed by atoms with Crippen LogP contribution in [0.25, 0.3) is 0 Å². The molecule has 1 N–H and O–H groups in total. The molecule has 0 aliphatic heterocycles. The minimum absolute atomic E-state index is 0.000383. The molecular weight excluding hydrogens is 238 g/mol. The zero-order chi connectivity index (χ0) is 13.2. The second-order valence-electron chi connectivity index (χ2n) is 6.19. The quantitative estimate of drug-likeness (QED) is 0.912. The van der Waals surface area contributed by atoms with E-state index in [0.717, 1.165) is 30.0 Å². The Labute approximate surface area is 115 Å². The first-order valence-corrected chi connectivity index (χ1v) is 7.86. The van der Waals surface area contributed by atoms with Crippen LogP contribution in [-0.2, 0) is 13.2 Å². The zero-order valence-corrected chi connectivity index (χ0v) is 11.9. The van der Waals surface area contributed by atoms with Gasteiger partial charge in [0.2, 0.25) is 0 Å². The highest BCUT2D eigenvalue weighted by Crippen LogP contribution is 2.45. The molecule has 106 valence electrons. The third-order valence-corrected chi connectivity index (χ3v) is 5.22. The van der Waals surface area contributed by atoms with Gasteiger partial charge < -0.3 is 9.67 Å². The molecule has 3 atom stereocenters. The monoisotopic (exact) mass is 263 g/mol. The number of fused-ring (bicyclic) bond motifs is 1. The smallest absolute Gasteiger partial charge is 0.158 e. The highest BCUT2D eigenvalue weighted by atomic mass is 16.3. The van der Waals surface area contributed by atoms with Gasteiger partial charge in [0.05, 0.1) is 0 Å². The molecule has 1 heterocycles. The van der Waals surface area contributed by atoms with E-state index in [1.807, 2.05) is 0 Å². The van der Waals surface area contributed by atoms with Crippen LogP contribution in [0.4, 0.5) is 0 Å². The van der Waals surface area contributed by atoms with E-state index in [1.165, 1.54) is 44.9 Å². The molecule has 0 radical (unpaired) electrons. The van der Waals surface area contributed by atoms with E-state index >= 15 is 0 Å². The zero-order valence-electron chi connectivity index (χ0n) is 11.9. The summed E-state index contributed by atoms with van der Waals surface area (Å²) in [6, 6.07) is 0. The normalized spacial score (nSPS) is 31.2. The Morgan fingerprint density at radius 3 is 2.63 bits per heavy atom. The van der Waals surface area contributed by atoms with Crippen LogP contribution in [0.1, 0.15) is 69.4 Å². The first-order valence-electron chi connectivity index (χ1n) is 7.86. The van der Waals surface area contributed by atoms with Gasteiger partial charge in [-0.3, -0.25) is 0 Å². The fourth-order valence-electron chi connectivity index (χ4n) is 4.22. The molecule has 0 amide bonds. The molecule has 1 aromatic rings. The number of hydrogen-bond acceptors (Lipinski definition) is 3. The number of rotatable bonds is 3. The van der Waals surface area contributed by atoms with Crippen molar-refractivity contribution in [1.82, 2.24) is 14.8 Å². The van der Waals surface area contributed by atoms with Crippen LogP contribution in [-0.4, -0.2) is 19.9 Å². The van der Waals surface area contributed by atoms with E-state index in [-0.39, 0.29) is 6.61 Å². The number of aliphatic hydroxyl groups excluding tert-OH is 1. The number of aromatic nitrogens is 3. The SMILES string of the molecule is CCn1c(CO)nnc1C1CCC2CCCCC2C1. The predicted octanol–water partition coefficient (Wildman–Crippen LogP) is 2.86. The van der Waals surface area contributed by atoms with Crippen molar-refractivity contribution in [1.29, 1.82) is 0 Å². The number of hydrogen-bond donors (Lipinski definition) is 1. The van der Waals surface area contributed by atoms with Gasteiger partial charge >= 0.3 is 0 Å². The van der Waals surface area contributed by atoms with Crippen molar-refractivity contribution in [3.8, 4) is 0 Å². The predicted molar refractivity (Wildman–Crippen MR) is 73.7 cm³/mol. The lowest BCUT2D eigenvalue weighted by molar-refractivity contribution is 0.151. The molecule has 0 bridgehead atoms. The maximum atomic E-state index is 9.33. The first kappa shape index (κ1) is 13.1. The Bertz CT molecular complexity index is 429. The summed E-state index contributed by atoms with van der Waals surface area (Å²) in [5, 5.41) is 17.8. The molecule has 1 aromatic heterocycles. The van der Waals surface area contributed by atoms with Crippen LogP contribution in [0.15, 0.2) is 0 Å². The summed E-state index contributed by atoms with van der Waals surface area (Å²) in [5.74, 6) is 4.29. The Morgan fingerprint density at radius 2 is 1.89 bits per heavy atom. The minimum Gasteiger partial charge on any atom is -0.388 e. The van der Waals surface area contributed by atoms with Crippen LogP contribution < -0.4 is 0 Å². The molecule has 3 rings (SSSR count). The van der Waals surface area contributed by atoms with Gasteiger partial charge in [-0.05, 0) is 38.0 Å². The molecule has 2 fully saturated rings. The number of aliphatic hydroxyl groups is 1. The molecule has 0 spiro atoms. The van der Waals surface area contributed by atoms with Gasteiger partial charge in [0, 0.05) is 12.5 Å². The largest absolute Gasteiger partial charge is 0.388 e. The second-order valence-corrected chi connectivity index (χ2v) is 6.19. The van der Waals surface area contributed by atoms with Crippen LogP contribution in [0.2, 0.25) is 0 Å². The Kier molecular flexibility index (Phi) is 3.87. The maximum absolute atomic E-state index is 9.33. The van der Waals surface area contributed by atoms with E-state index in [1.54, 1.807) is 0 Å². The molecule has 4 nitrogen and oxygen atoms in total. The maximum Gasteiger partial charge on any atom is 0.158 e. The summed E-state index contributed by atoms with van der Waals surface area (Å²) >= 11 is 0. The Hall–Kier alpha value is -0.900. The van der Waals surface area contributed by atoms with Crippen LogP contribution >= 0.6 is 0 Å². The van der Waals surface area contributed by atoms with Crippen molar-refractivity contribution >= 4 is 0 Å². The number of nitrogens with zero attached hydrogens (tertiary/aromatic N) is 3. The summed E-state index contributed by atoms with van der Waals surface area (Å²) in [5.41, 5.74) is 0. The first-order chi connectivity index (χ1) is 9.33. The lowest BCUT2D eigenvalue weighted by atomic mass is 9.67. The minimum atomic E-state index is -0.000383. The van der Waals surface area contributed by atoms with E-state index in [2.05, 4.69) is 21.7 Å². The lowest BCUT2D eigenvalue weighted by Crippen LogP contribution is -2.28. The standard InChI is InChI=1S/C15H25N3O/c1-2-18-14(10-19)16-17-15(18)13-8-7-11-5-3-4-6-12(11)9-13/h11-13,19H,2-10H2,1H3. The van der Waals surface area contributed by atoms with Crippen molar-refractivity contribution in [3.05, 3.63) is 11.6 Å². The van der Waals surface area contributed by atoms with Gasteiger partial charge in [-0.2, -0.15) is 0 Å². The van der Waals surface area contributed by atoms with E-state index in [0.29, 0.717) is 5.92 Å². The van der Waals surface area contributed by atoms with Crippen molar-refractivity contribution in [3.63, 3.8) is 0 Å². The molecule has 0 saturated heterocycles.